The summed E-state index contributed by atoms with van der Waals surface area (Å²) in [6, 6.07) is 7.02. The number of aryl methyl sites for hydroxylation is 2. The zero-order chi connectivity index (χ0) is 24.7. The van der Waals surface area contributed by atoms with E-state index < -0.39 is 0 Å². The Balaban J connectivity index is 1.56. The number of unbranched alkanes of at least 4 members (excludes halogenated alkanes) is 1. The highest BCUT2D eigenvalue weighted by molar-refractivity contribution is 5.95. The van der Waals surface area contributed by atoms with E-state index in [2.05, 4.69) is 48.4 Å². The molecule has 1 aliphatic rings. The van der Waals surface area contributed by atoms with Crippen molar-refractivity contribution in [2.24, 2.45) is 0 Å². The van der Waals surface area contributed by atoms with E-state index in [1.807, 2.05) is 27.0 Å². The van der Waals surface area contributed by atoms with Crippen molar-refractivity contribution >= 4 is 5.91 Å². The number of carbonyl (C=O) groups is 1. The lowest BCUT2D eigenvalue weighted by molar-refractivity contribution is 0.0946. The van der Waals surface area contributed by atoms with Gasteiger partial charge in [0.1, 0.15) is 17.3 Å². The van der Waals surface area contributed by atoms with Gasteiger partial charge in [-0.2, -0.15) is 0 Å². The highest BCUT2D eigenvalue weighted by atomic mass is 16.5. The smallest absolute Gasteiger partial charge is 0.254 e. The molecule has 6 heteroatoms. The van der Waals surface area contributed by atoms with Crippen LogP contribution in [0.3, 0.4) is 0 Å². The first kappa shape index (κ1) is 26.3. The summed E-state index contributed by atoms with van der Waals surface area (Å²) in [6.07, 6.45) is 5.52. The molecule has 1 saturated heterocycles. The van der Waals surface area contributed by atoms with Gasteiger partial charge in [-0.1, -0.05) is 6.07 Å². The fraction of sp³-hybridized carbons (Fsp3) is 0.607. The molecule has 0 aliphatic carbocycles. The van der Waals surface area contributed by atoms with Crippen molar-refractivity contribution in [2.45, 2.75) is 78.8 Å². The van der Waals surface area contributed by atoms with Gasteiger partial charge in [0.15, 0.2) is 0 Å². The van der Waals surface area contributed by atoms with Crippen LogP contribution in [-0.2, 0) is 0 Å². The molecule has 2 aromatic rings. The Morgan fingerprint density at radius 3 is 2.68 bits per heavy atom. The van der Waals surface area contributed by atoms with E-state index in [-0.39, 0.29) is 5.91 Å². The molecule has 1 aromatic carbocycles. The molecule has 1 fully saturated rings. The fourth-order valence-corrected chi connectivity index (χ4v) is 5.17. The van der Waals surface area contributed by atoms with Gasteiger partial charge in [0.25, 0.3) is 5.91 Å². The minimum absolute atomic E-state index is 0.0417. The lowest BCUT2D eigenvalue weighted by Crippen LogP contribution is -2.36. The van der Waals surface area contributed by atoms with E-state index >= 15 is 0 Å². The van der Waals surface area contributed by atoms with E-state index in [0.29, 0.717) is 30.0 Å². The SMILES string of the molecule is CNCCCCOc1ccc(C(C)N2CCCC2CCNC(=O)c2cc(C)oc2C)c(C)c1C. The summed E-state index contributed by atoms with van der Waals surface area (Å²) in [5.74, 6) is 2.42. The van der Waals surface area contributed by atoms with Crippen molar-refractivity contribution in [3.8, 4) is 5.75 Å². The molecule has 1 aliphatic heterocycles. The van der Waals surface area contributed by atoms with Gasteiger partial charge >= 0.3 is 0 Å². The van der Waals surface area contributed by atoms with E-state index in [0.717, 1.165) is 50.5 Å². The number of nitrogens with zero attached hydrogens (tertiary/aromatic N) is 1. The van der Waals surface area contributed by atoms with Gasteiger partial charge < -0.3 is 19.8 Å². The van der Waals surface area contributed by atoms with E-state index in [4.69, 9.17) is 9.15 Å². The average molecular weight is 470 g/mol. The summed E-state index contributed by atoms with van der Waals surface area (Å²) in [7, 11) is 1.98. The zero-order valence-corrected chi connectivity index (χ0v) is 21.9. The summed E-state index contributed by atoms with van der Waals surface area (Å²) in [5.41, 5.74) is 4.58. The van der Waals surface area contributed by atoms with Gasteiger partial charge in [-0.3, -0.25) is 9.69 Å². The van der Waals surface area contributed by atoms with Crippen LogP contribution in [0.1, 0.15) is 83.6 Å². The average Bonchev–Trinajstić information content (AvgIpc) is 3.41. The van der Waals surface area contributed by atoms with Crippen molar-refractivity contribution in [1.29, 1.82) is 0 Å². The Kier molecular flexibility index (Phi) is 9.60. The van der Waals surface area contributed by atoms with Crippen LogP contribution in [0.25, 0.3) is 0 Å². The van der Waals surface area contributed by atoms with Gasteiger partial charge in [0, 0.05) is 18.6 Å². The monoisotopic (exact) mass is 469 g/mol. The Morgan fingerprint density at radius 2 is 1.97 bits per heavy atom. The van der Waals surface area contributed by atoms with Gasteiger partial charge in [-0.05, 0) is 116 Å². The Bertz CT molecular complexity index is 953. The summed E-state index contributed by atoms with van der Waals surface area (Å²) in [4.78, 5) is 15.1. The minimum atomic E-state index is -0.0417. The molecular formula is C28H43N3O3. The predicted molar refractivity (Wildman–Crippen MR) is 138 cm³/mol. The molecule has 0 saturated carbocycles. The molecule has 3 rings (SSSR count). The molecule has 0 spiro atoms. The lowest BCUT2D eigenvalue weighted by Gasteiger charge is -2.32. The second-order valence-electron chi connectivity index (χ2n) is 9.64. The molecule has 2 heterocycles. The Labute approximate surface area is 205 Å². The van der Waals surface area contributed by atoms with Crippen molar-refractivity contribution in [3.05, 3.63) is 52.0 Å². The molecule has 0 radical (unpaired) electrons. The maximum atomic E-state index is 12.5. The van der Waals surface area contributed by atoms with Crippen LogP contribution in [0, 0.1) is 27.7 Å². The minimum Gasteiger partial charge on any atom is -0.493 e. The standard InChI is InChI=1S/C28H43N3O3/c1-19-18-26(23(5)34-19)28(32)30-15-13-24-10-9-16-31(24)22(4)25-11-12-27(21(3)20(25)2)33-17-8-7-14-29-6/h11-12,18,22,24,29H,7-10,13-17H2,1-6H3,(H,30,32). The maximum Gasteiger partial charge on any atom is 0.254 e. The molecular weight excluding hydrogens is 426 g/mol. The van der Waals surface area contributed by atoms with Crippen molar-refractivity contribution < 1.29 is 13.9 Å². The first-order valence-corrected chi connectivity index (χ1v) is 12.8. The molecule has 1 amide bonds. The fourth-order valence-electron chi connectivity index (χ4n) is 5.17. The number of nitrogens with one attached hydrogen (secondary N) is 2. The van der Waals surface area contributed by atoms with Crippen LogP contribution in [0.15, 0.2) is 22.6 Å². The number of rotatable bonds is 12. The summed E-state index contributed by atoms with van der Waals surface area (Å²) >= 11 is 0. The van der Waals surface area contributed by atoms with Crippen LogP contribution in [0.4, 0.5) is 0 Å². The number of hydrogen-bond acceptors (Lipinski definition) is 5. The zero-order valence-electron chi connectivity index (χ0n) is 21.9. The number of ether oxygens (including phenoxy) is 1. The molecule has 2 N–H and O–H groups in total. The van der Waals surface area contributed by atoms with Crippen molar-refractivity contribution in [3.63, 3.8) is 0 Å². The van der Waals surface area contributed by atoms with Crippen LogP contribution in [-0.4, -0.2) is 50.1 Å². The first-order chi connectivity index (χ1) is 16.3. The number of likely N-dealkylation sites (tertiary alicyclic amines) is 1. The normalized spacial score (nSPS) is 17.2. The van der Waals surface area contributed by atoms with Gasteiger partial charge in [0.2, 0.25) is 0 Å². The third kappa shape index (κ3) is 6.42. The molecule has 1 aromatic heterocycles. The quantitative estimate of drug-likeness (QED) is 0.416. The molecule has 6 nitrogen and oxygen atoms in total. The Hall–Kier alpha value is -2.31. The second-order valence-corrected chi connectivity index (χ2v) is 9.64. The third-order valence-electron chi connectivity index (χ3n) is 7.28. The number of furan rings is 1. The van der Waals surface area contributed by atoms with Crippen molar-refractivity contribution in [2.75, 3.05) is 33.3 Å². The van der Waals surface area contributed by atoms with Gasteiger partial charge in [-0.15, -0.1) is 0 Å². The topological polar surface area (TPSA) is 66.7 Å². The number of benzene rings is 1. The van der Waals surface area contributed by atoms with Crippen molar-refractivity contribution in [1.82, 2.24) is 15.5 Å². The highest BCUT2D eigenvalue weighted by Gasteiger charge is 2.30. The highest BCUT2D eigenvalue weighted by Crippen LogP contribution is 2.35. The predicted octanol–water partition coefficient (Wildman–Crippen LogP) is 5.24. The van der Waals surface area contributed by atoms with Gasteiger partial charge in [-0.25, -0.2) is 0 Å². The second kappa shape index (κ2) is 12.4. The molecule has 188 valence electrons. The lowest BCUT2D eigenvalue weighted by atomic mass is 9.96. The van der Waals surface area contributed by atoms with Crippen LogP contribution < -0.4 is 15.4 Å². The van der Waals surface area contributed by atoms with Gasteiger partial charge in [0.05, 0.1) is 12.2 Å². The van der Waals surface area contributed by atoms with E-state index in [9.17, 15) is 4.79 Å². The number of amides is 1. The third-order valence-corrected chi connectivity index (χ3v) is 7.28. The number of carbonyl (C=O) groups excluding carboxylic acids is 1. The largest absolute Gasteiger partial charge is 0.493 e. The molecule has 34 heavy (non-hydrogen) atoms. The summed E-state index contributed by atoms with van der Waals surface area (Å²) in [6.45, 7) is 14.0. The molecule has 0 bridgehead atoms. The molecule has 2 unspecified atom stereocenters. The van der Waals surface area contributed by atoms with Crippen LogP contribution in [0.2, 0.25) is 0 Å². The van der Waals surface area contributed by atoms with Crippen LogP contribution in [0.5, 0.6) is 5.75 Å². The summed E-state index contributed by atoms with van der Waals surface area (Å²) < 4.78 is 11.6. The molecule has 2 atom stereocenters. The first-order valence-electron chi connectivity index (χ1n) is 12.8. The van der Waals surface area contributed by atoms with E-state index in [1.165, 1.54) is 29.5 Å². The number of hydrogen-bond donors (Lipinski definition) is 2. The summed E-state index contributed by atoms with van der Waals surface area (Å²) in [5, 5.41) is 6.27. The maximum absolute atomic E-state index is 12.5. The van der Waals surface area contributed by atoms with Crippen LogP contribution >= 0.6 is 0 Å². The van der Waals surface area contributed by atoms with E-state index in [1.54, 1.807) is 0 Å². The Morgan fingerprint density at radius 1 is 1.18 bits per heavy atom.